The number of rotatable bonds is 4. The van der Waals surface area contributed by atoms with Crippen molar-refractivity contribution in [2.45, 2.75) is 25.0 Å². The van der Waals surface area contributed by atoms with E-state index in [1.807, 2.05) is 0 Å². The average molecular weight is 238 g/mol. The normalized spacial score (nSPS) is 22.9. The molecule has 0 unspecified atom stereocenters. The molecule has 0 atom stereocenters. The number of halogens is 1. The third kappa shape index (κ3) is 3.51. The molecular weight excluding hydrogens is 223 g/mol. The second-order valence-electron chi connectivity index (χ2n) is 4.26. The quantitative estimate of drug-likeness (QED) is 0.729. The lowest BCUT2D eigenvalue weighted by atomic mass is 9.89. The van der Waals surface area contributed by atoms with Crippen molar-refractivity contribution in [3.8, 4) is 0 Å². The number of aliphatic hydroxyl groups is 1. The van der Waals surface area contributed by atoms with E-state index in [-0.39, 0.29) is 30.4 Å². The van der Waals surface area contributed by atoms with Crippen LogP contribution in [-0.4, -0.2) is 29.7 Å². The van der Waals surface area contributed by atoms with Crippen LogP contribution in [0.3, 0.4) is 0 Å². The van der Waals surface area contributed by atoms with Crippen LogP contribution in [-0.2, 0) is 4.79 Å². The lowest BCUT2D eigenvalue weighted by Crippen LogP contribution is -2.46. The fourth-order valence-electron chi connectivity index (χ4n) is 1.73. The van der Waals surface area contributed by atoms with Crippen LogP contribution >= 0.6 is 0 Å². The molecule has 4 nitrogen and oxygen atoms in total. The van der Waals surface area contributed by atoms with Crippen LogP contribution in [0, 0.1) is 5.82 Å². The first kappa shape index (κ1) is 12.0. The summed E-state index contributed by atoms with van der Waals surface area (Å²) in [6.07, 6.45) is 1.17. The number of hydrogen-bond donors (Lipinski definition) is 3. The van der Waals surface area contributed by atoms with Crippen LogP contribution in [0.1, 0.15) is 12.8 Å². The summed E-state index contributed by atoms with van der Waals surface area (Å²) in [7, 11) is 0. The van der Waals surface area contributed by atoms with Gasteiger partial charge in [-0.1, -0.05) is 0 Å². The summed E-state index contributed by atoms with van der Waals surface area (Å²) >= 11 is 0. The zero-order valence-corrected chi connectivity index (χ0v) is 9.32. The molecule has 0 bridgehead atoms. The summed E-state index contributed by atoms with van der Waals surface area (Å²) in [5.41, 5.74) is 0.576. The van der Waals surface area contributed by atoms with Gasteiger partial charge in [-0.25, -0.2) is 4.39 Å². The highest BCUT2D eigenvalue weighted by molar-refractivity contribution is 5.92. The Kier molecular flexibility index (Phi) is 3.71. The molecule has 2 rings (SSSR count). The van der Waals surface area contributed by atoms with E-state index < -0.39 is 0 Å². The van der Waals surface area contributed by atoms with Gasteiger partial charge in [-0.15, -0.1) is 0 Å². The standard InChI is InChI=1S/C12H15FN2O2/c13-8-1-3-9(4-2-8)15-12(17)7-14-10-5-11(16)6-10/h1-4,10-11,14,16H,5-7H2,(H,15,17). The first-order valence-corrected chi connectivity index (χ1v) is 5.60. The van der Waals surface area contributed by atoms with Crippen molar-refractivity contribution in [1.82, 2.24) is 5.32 Å². The van der Waals surface area contributed by atoms with E-state index in [0.29, 0.717) is 18.5 Å². The topological polar surface area (TPSA) is 61.4 Å². The van der Waals surface area contributed by atoms with E-state index in [2.05, 4.69) is 10.6 Å². The van der Waals surface area contributed by atoms with Gasteiger partial charge < -0.3 is 15.7 Å². The Morgan fingerprint density at radius 1 is 1.35 bits per heavy atom. The predicted octanol–water partition coefficient (Wildman–Crippen LogP) is 0.877. The van der Waals surface area contributed by atoms with Crippen molar-refractivity contribution < 1.29 is 14.3 Å². The molecule has 1 amide bonds. The molecule has 3 N–H and O–H groups in total. The maximum absolute atomic E-state index is 12.6. The number of benzene rings is 1. The van der Waals surface area contributed by atoms with Crippen LogP contribution in [0.5, 0.6) is 0 Å². The molecule has 0 heterocycles. The predicted molar refractivity (Wildman–Crippen MR) is 62.1 cm³/mol. The average Bonchev–Trinajstić information content (AvgIpc) is 2.26. The fraction of sp³-hybridized carbons (Fsp3) is 0.417. The Bertz CT molecular complexity index is 388. The summed E-state index contributed by atoms with van der Waals surface area (Å²) in [5, 5.41) is 14.8. The van der Waals surface area contributed by atoms with E-state index in [4.69, 9.17) is 5.11 Å². The zero-order valence-electron chi connectivity index (χ0n) is 9.32. The van der Waals surface area contributed by atoms with Crippen molar-refractivity contribution in [3.63, 3.8) is 0 Å². The van der Waals surface area contributed by atoms with Crippen molar-refractivity contribution in [3.05, 3.63) is 30.1 Å². The van der Waals surface area contributed by atoms with E-state index in [1.165, 1.54) is 24.3 Å². The van der Waals surface area contributed by atoms with Gasteiger partial charge in [-0.3, -0.25) is 4.79 Å². The molecular formula is C12H15FN2O2. The largest absolute Gasteiger partial charge is 0.393 e. The van der Waals surface area contributed by atoms with Crippen LogP contribution in [0.15, 0.2) is 24.3 Å². The van der Waals surface area contributed by atoms with Crippen LogP contribution < -0.4 is 10.6 Å². The van der Waals surface area contributed by atoms with E-state index in [1.54, 1.807) is 0 Å². The maximum Gasteiger partial charge on any atom is 0.238 e. The summed E-state index contributed by atoms with van der Waals surface area (Å²) in [4.78, 5) is 11.5. The second kappa shape index (κ2) is 5.25. The number of anilines is 1. The molecule has 0 saturated heterocycles. The van der Waals surface area contributed by atoms with Gasteiger partial charge in [0.1, 0.15) is 5.82 Å². The van der Waals surface area contributed by atoms with Gasteiger partial charge in [0, 0.05) is 11.7 Å². The van der Waals surface area contributed by atoms with Gasteiger partial charge in [0.15, 0.2) is 0 Å². The van der Waals surface area contributed by atoms with Gasteiger partial charge in [0.2, 0.25) is 5.91 Å². The van der Waals surface area contributed by atoms with Crippen LogP contribution in [0.4, 0.5) is 10.1 Å². The van der Waals surface area contributed by atoms with Gasteiger partial charge in [-0.05, 0) is 37.1 Å². The smallest absolute Gasteiger partial charge is 0.238 e. The minimum atomic E-state index is -0.329. The van der Waals surface area contributed by atoms with Crippen molar-refractivity contribution in [2.75, 3.05) is 11.9 Å². The zero-order chi connectivity index (χ0) is 12.3. The number of aliphatic hydroxyl groups excluding tert-OH is 1. The highest BCUT2D eigenvalue weighted by Gasteiger charge is 2.26. The highest BCUT2D eigenvalue weighted by Crippen LogP contribution is 2.18. The van der Waals surface area contributed by atoms with E-state index >= 15 is 0 Å². The monoisotopic (exact) mass is 238 g/mol. The second-order valence-corrected chi connectivity index (χ2v) is 4.26. The molecule has 0 spiro atoms. The molecule has 1 aliphatic carbocycles. The van der Waals surface area contributed by atoms with Gasteiger partial charge in [0.05, 0.1) is 12.6 Å². The van der Waals surface area contributed by atoms with Crippen molar-refractivity contribution in [2.24, 2.45) is 0 Å². The van der Waals surface area contributed by atoms with Gasteiger partial charge >= 0.3 is 0 Å². The molecule has 1 saturated carbocycles. The number of nitrogens with one attached hydrogen (secondary N) is 2. The Hall–Kier alpha value is -1.46. The first-order chi connectivity index (χ1) is 8.13. The molecule has 17 heavy (non-hydrogen) atoms. The Labute approximate surface area is 98.8 Å². The summed E-state index contributed by atoms with van der Waals surface area (Å²) in [6, 6.07) is 5.85. The van der Waals surface area contributed by atoms with Gasteiger partial charge in [0.25, 0.3) is 0 Å². The van der Waals surface area contributed by atoms with Crippen LogP contribution in [0.2, 0.25) is 0 Å². The summed E-state index contributed by atoms with van der Waals surface area (Å²) < 4.78 is 12.6. The van der Waals surface area contributed by atoms with Crippen molar-refractivity contribution >= 4 is 11.6 Å². The molecule has 0 radical (unpaired) electrons. The SMILES string of the molecule is O=C(CNC1CC(O)C1)Nc1ccc(F)cc1. The minimum Gasteiger partial charge on any atom is -0.393 e. The molecule has 1 aromatic carbocycles. The molecule has 1 aromatic rings. The lowest BCUT2D eigenvalue weighted by Gasteiger charge is -2.31. The fourth-order valence-corrected chi connectivity index (χ4v) is 1.73. The van der Waals surface area contributed by atoms with E-state index in [0.717, 1.165) is 0 Å². The molecule has 0 aromatic heterocycles. The molecule has 92 valence electrons. The third-order valence-electron chi connectivity index (χ3n) is 2.79. The van der Waals surface area contributed by atoms with Crippen LogP contribution in [0.25, 0.3) is 0 Å². The van der Waals surface area contributed by atoms with Gasteiger partial charge in [-0.2, -0.15) is 0 Å². The van der Waals surface area contributed by atoms with Crippen molar-refractivity contribution in [1.29, 1.82) is 0 Å². The minimum absolute atomic E-state index is 0.169. The molecule has 1 fully saturated rings. The number of carbonyl (C=O) groups is 1. The summed E-state index contributed by atoms with van der Waals surface area (Å²) in [6.45, 7) is 0.203. The maximum atomic E-state index is 12.6. The Morgan fingerprint density at radius 2 is 2.00 bits per heavy atom. The Morgan fingerprint density at radius 3 is 2.59 bits per heavy atom. The molecule has 1 aliphatic rings. The molecule has 5 heteroatoms. The number of hydrogen-bond acceptors (Lipinski definition) is 3. The Balaban J connectivity index is 1.71. The highest BCUT2D eigenvalue weighted by atomic mass is 19.1. The van der Waals surface area contributed by atoms with E-state index in [9.17, 15) is 9.18 Å². The number of amides is 1. The molecule has 0 aliphatic heterocycles. The number of carbonyl (C=O) groups excluding carboxylic acids is 1. The lowest BCUT2D eigenvalue weighted by molar-refractivity contribution is -0.115. The summed E-state index contributed by atoms with van der Waals surface area (Å²) in [5.74, 6) is -0.498. The third-order valence-corrected chi connectivity index (χ3v) is 2.79. The first-order valence-electron chi connectivity index (χ1n) is 5.60.